The molecule has 4 rings (SSSR count). The van der Waals surface area contributed by atoms with Gasteiger partial charge in [0.2, 0.25) is 0 Å². The summed E-state index contributed by atoms with van der Waals surface area (Å²) < 4.78 is 6.73. The van der Waals surface area contributed by atoms with Gasteiger partial charge in [-0.2, -0.15) is 0 Å². The van der Waals surface area contributed by atoms with Crippen LogP contribution in [0.3, 0.4) is 0 Å². The standard InChI is InChI=1S/C22H16BrNO3/c23-18-8-4-5-9-21(18)27-16-10-11-19-17(14-16)20(25)12-13-24(19)22(26)15-6-2-1-3-7-15/h1-11,14H,12-13H2. The molecule has 0 fully saturated rings. The van der Waals surface area contributed by atoms with Crippen molar-refractivity contribution in [1.29, 1.82) is 0 Å². The summed E-state index contributed by atoms with van der Waals surface area (Å²) in [7, 11) is 0. The topological polar surface area (TPSA) is 46.6 Å². The van der Waals surface area contributed by atoms with E-state index >= 15 is 0 Å². The third-order valence-corrected chi connectivity index (χ3v) is 5.11. The van der Waals surface area contributed by atoms with Crippen molar-refractivity contribution in [2.45, 2.75) is 6.42 Å². The van der Waals surface area contributed by atoms with E-state index in [2.05, 4.69) is 15.9 Å². The van der Waals surface area contributed by atoms with Crippen molar-refractivity contribution < 1.29 is 14.3 Å². The maximum absolute atomic E-state index is 12.9. The van der Waals surface area contributed by atoms with Crippen molar-refractivity contribution in [3.05, 3.63) is 88.4 Å². The largest absolute Gasteiger partial charge is 0.456 e. The van der Waals surface area contributed by atoms with Gasteiger partial charge < -0.3 is 9.64 Å². The highest BCUT2D eigenvalue weighted by Crippen LogP contribution is 2.35. The molecule has 0 unspecified atom stereocenters. The van der Waals surface area contributed by atoms with Gasteiger partial charge in [-0.05, 0) is 58.4 Å². The van der Waals surface area contributed by atoms with Gasteiger partial charge >= 0.3 is 0 Å². The van der Waals surface area contributed by atoms with Crippen molar-refractivity contribution in [3.63, 3.8) is 0 Å². The number of benzene rings is 3. The first-order chi connectivity index (χ1) is 13.1. The fraction of sp³-hybridized carbons (Fsp3) is 0.0909. The zero-order valence-corrected chi connectivity index (χ0v) is 16.0. The molecule has 134 valence electrons. The number of anilines is 1. The molecule has 0 saturated carbocycles. The van der Waals surface area contributed by atoms with E-state index in [1.54, 1.807) is 35.2 Å². The highest BCUT2D eigenvalue weighted by atomic mass is 79.9. The summed E-state index contributed by atoms with van der Waals surface area (Å²) in [5, 5.41) is 0. The summed E-state index contributed by atoms with van der Waals surface area (Å²) in [4.78, 5) is 27.0. The Morgan fingerprint density at radius 2 is 1.70 bits per heavy atom. The lowest BCUT2D eigenvalue weighted by Gasteiger charge is -2.29. The van der Waals surface area contributed by atoms with Crippen LogP contribution in [0.4, 0.5) is 5.69 Å². The number of carbonyl (C=O) groups excluding carboxylic acids is 2. The van der Waals surface area contributed by atoms with Crippen LogP contribution in [0.5, 0.6) is 11.5 Å². The summed E-state index contributed by atoms with van der Waals surface area (Å²) in [6.07, 6.45) is 0.296. The maximum atomic E-state index is 12.9. The molecule has 27 heavy (non-hydrogen) atoms. The second-order valence-electron chi connectivity index (χ2n) is 6.21. The molecule has 5 heteroatoms. The van der Waals surface area contributed by atoms with E-state index in [1.165, 1.54) is 0 Å². The van der Waals surface area contributed by atoms with Gasteiger partial charge in [-0.15, -0.1) is 0 Å². The summed E-state index contributed by atoms with van der Waals surface area (Å²) in [5.41, 5.74) is 1.74. The number of nitrogens with zero attached hydrogens (tertiary/aromatic N) is 1. The first-order valence-electron chi connectivity index (χ1n) is 8.60. The number of Topliss-reactive ketones (excluding diaryl/α,β-unsaturated/α-hetero) is 1. The molecule has 0 aromatic heterocycles. The number of rotatable bonds is 3. The molecule has 3 aromatic rings. The number of para-hydroxylation sites is 1. The molecule has 4 nitrogen and oxygen atoms in total. The van der Waals surface area contributed by atoms with E-state index in [0.717, 1.165) is 4.47 Å². The van der Waals surface area contributed by atoms with E-state index in [-0.39, 0.29) is 11.7 Å². The van der Waals surface area contributed by atoms with Crippen LogP contribution in [0.2, 0.25) is 0 Å². The van der Waals surface area contributed by atoms with Gasteiger partial charge in [-0.3, -0.25) is 9.59 Å². The zero-order chi connectivity index (χ0) is 18.8. The Bertz CT molecular complexity index is 1020. The predicted octanol–water partition coefficient (Wildman–Crippen LogP) is 5.47. The van der Waals surface area contributed by atoms with Gasteiger partial charge in [0.15, 0.2) is 5.78 Å². The SMILES string of the molecule is O=C1CCN(C(=O)c2ccccc2)c2ccc(Oc3ccccc3Br)cc21. The molecule has 0 aliphatic carbocycles. The smallest absolute Gasteiger partial charge is 0.258 e. The lowest BCUT2D eigenvalue weighted by Crippen LogP contribution is -2.37. The van der Waals surface area contributed by atoms with E-state index in [9.17, 15) is 9.59 Å². The summed E-state index contributed by atoms with van der Waals surface area (Å²) in [6, 6.07) is 21.9. The van der Waals surface area contributed by atoms with Crippen LogP contribution in [-0.4, -0.2) is 18.2 Å². The molecule has 1 aliphatic heterocycles. The molecule has 0 bridgehead atoms. The highest BCUT2D eigenvalue weighted by Gasteiger charge is 2.28. The fourth-order valence-electron chi connectivity index (χ4n) is 3.11. The fourth-order valence-corrected chi connectivity index (χ4v) is 3.47. The first-order valence-corrected chi connectivity index (χ1v) is 9.39. The Morgan fingerprint density at radius 3 is 2.48 bits per heavy atom. The number of hydrogen-bond donors (Lipinski definition) is 0. The number of amides is 1. The van der Waals surface area contributed by atoms with E-state index in [0.29, 0.717) is 41.3 Å². The number of ether oxygens (including phenoxy) is 1. The average Bonchev–Trinajstić information content (AvgIpc) is 2.70. The molecule has 1 aliphatic rings. The van der Waals surface area contributed by atoms with Crippen molar-refractivity contribution >= 4 is 33.3 Å². The normalized spacial score (nSPS) is 13.2. The minimum Gasteiger partial charge on any atom is -0.456 e. The van der Waals surface area contributed by atoms with Crippen LogP contribution >= 0.6 is 15.9 Å². The van der Waals surface area contributed by atoms with Crippen LogP contribution in [0.15, 0.2) is 77.3 Å². The van der Waals surface area contributed by atoms with Crippen molar-refractivity contribution in [2.75, 3.05) is 11.4 Å². The number of halogens is 1. The Morgan fingerprint density at radius 1 is 0.963 bits per heavy atom. The van der Waals surface area contributed by atoms with Crippen molar-refractivity contribution in [2.24, 2.45) is 0 Å². The molecule has 3 aromatic carbocycles. The monoisotopic (exact) mass is 421 g/mol. The number of ketones is 1. The molecule has 0 N–H and O–H groups in total. The Labute approximate surface area is 165 Å². The maximum Gasteiger partial charge on any atom is 0.258 e. The molecule has 1 heterocycles. The molecule has 0 radical (unpaired) electrons. The molecule has 0 spiro atoms. The van der Waals surface area contributed by atoms with Gasteiger partial charge in [-0.1, -0.05) is 30.3 Å². The van der Waals surface area contributed by atoms with Crippen LogP contribution in [0.25, 0.3) is 0 Å². The third kappa shape index (κ3) is 3.51. The number of fused-ring (bicyclic) bond motifs is 1. The van der Waals surface area contributed by atoms with Gasteiger partial charge in [0.1, 0.15) is 11.5 Å². The highest BCUT2D eigenvalue weighted by molar-refractivity contribution is 9.10. The second-order valence-corrected chi connectivity index (χ2v) is 7.06. The van der Waals surface area contributed by atoms with Crippen LogP contribution in [0, 0.1) is 0 Å². The quantitative estimate of drug-likeness (QED) is 0.562. The molecule has 1 amide bonds. The minimum absolute atomic E-state index is 0.0136. The Hall–Kier alpha value is -2.92. The lowest BCUT2D eigenvalue weighted by atomic mass is 9.99. The number of carbonyl (C=O) groups is 2. The molecular weight excluding hydrogens is 406 g/mol. The van der Waals surface area contributed by atoms with Crippen LogP contribution < -0.4 is 9.64 Å². The molecule has 0 saturated heterocycles. The van der Waals surface area contributed by atoms with Gasteiger partial charge in [0, 0.05) is 24.1 Å². The van der Waals surface area contributed by atoms with Gasteiger partial charge in [0.05, 0.1) is 10.2 Å². The Balaban J connectivity index is 1.67. The van der Waals surface area contributed by atoms with Gasteiger partial charge in [-0.25, -0.2) is 0 Å². The first kappa shape index (κ1) is 17.5. The summed E-state index contributed by atoms with van der Waals surface area (Å²) >= 11 is 3.45. The predicted molar refractivity (Wildman–Crippen MR) is 108 cm³/mol. The summed E-state index contributed by atoms with van der Waals surface area (Å²) in [6.45, 7) is 0.379. The Kier molecular flexibility index (Phi) is 4.77. The minimum atomic E-state index is -0.108. The lowest BCUT2D eigenvalue weighted by molar-refractivity contribution is 0.0955. The third-order valence-electron chi connectivity index (χ3n) is 4.45. The molecular formula is C22H16BrNO3. The average molecular weight is 422 g/mol. The molecule has 0 atom stereocenters. The van der Waals surface area contributed by atoms with E-state index in [1.807, 2.05) is 42.5 Å². The number of hydrogen-bond acceptors (Lipinski definition) is 3. The van der Waals surface area contributed by atoms with E-state index < -0.39 is 0 Å². The van der Waals surface area contributed by atoms with Gasteiger partial charge in [0.25, 0.3) is 5.91 Å². The van der Waals surface area contributed by atoms with E-state index in [4.69, 9.17) is 4.74 Å². The van der Waals surface area contributed by atoms with Crippen molar-refractivity contribution in [3.8, 4) is 11.5 Å². The second kappa shape index (κ2) is 7.37. The van der Waals surface area contributed by atoms with Crippen molar-refractivity contribution in [1.82, 2.24) is 0 Å². The zero-order valence-electron chi connectivity index (χ0n) is 14.4. The summed E-state index contributed by atoms with van der Waals surface area (Å²) in [5.74, 6) is 1.13. The van der Waals surface area contributed by atoms with Crippen LogP contribution in [-0.2, 0) is 0 Å². The van der Waals surface area contributed by atoms with Crippen LogP contribution in [0.1, 0.15) is 27.1 Å².